The largest absolute Gasteiger partial charge is 0.484 e. The molecule has 224 valence electrons. The molecule has 1 atom stereocenters. The summed E-state index contributed by atoms with van der Waals surface area (Å²) in [4.78, 5) is 4.24. The van der Waals surface area contributed by atoms with Gasteiger partial charge in [-0.25, -0.2) is 0 Å². The average molecular weight is 596 g/mol. The van der Waals surface area contributed by atoms with Crippen molar-refractivity contribution in [2.24, 2.45) is 0 Å². The van der Waals surface area contributed by atoms with E-state index in [1.165, 1.54) is 54.7 Å². The Bertz CT molecular complexity index is 1190. The maximum Gasteiger partial charge on any atom is 0.422 e. The molecule has 2 N–H and O–H groups in total. The third-order valence-electron chi connectivity index (χ3n) is 5.74. The predicted octanol–water partition coefficient (Wildman–Crippen LogP) is 6.35. The minimum absolute atomic E-state index is 0.141. The Morgan fingerprint density at radius 1 is 0.707 bits per heavy atom. The second-order valence-corrected chi connectivity index (χ2v) is 9.12. The lowest BCUT2D eigenvalue weighted by Crippen LogP contribution is -2.49. The normalized spacial score (nSPS) is 13.6. The zero-order chi connectivity index (χ0) is 30.3. The van der Waals surface area contributed by atoms with E-state index in [9.17, 15) is 44.6 Å². The van der Waals surface area contributed by atoms with Gasteiger partial charge in [0.1, 0.15) is 11.5 Å². The molecular weight excluding hydrogens is 571 g/mol. The van der Waals surface area contributed by atoms with Gasteiger partial charge in [0.05, 0.1) is 18.1 Å². The molecule has 0 aliphatic heterocycles. The van der Waals surface area contributed by atoms with Crippen molar-refractivity contribution in [3.05, 3.63) is 89.7 Å². The summed E-state index contributed by atoms with van der Waals surface area (Å²) in [7, 11) is 0. The van der Waals surface area contributed by atoms with E-state index < -0.39 is 56.4 Å². The molecule has 1 unspecified atom stereocenters. The van der Waals surface area contributed by atoms with Crippen LogP contribution in [0.5, 0.6) is 11.5 Å². The summed E-state index contributed by atoms with van der Waals surface area (Å²) in [6, 6.07) is 15.3. The Balaban J connectivity index is 2.14. The smallest absolute Gasteiger partial charge is 0.422 e. The van der Waals surface area contributed by atoms with E-state index in [4.69, 9.17) is 9.47 Å². The first-order chi connectivity index (χ1) is 19.0. The molecule has 0 saturated heterocycles. The molecule has 0 bridgehead atoms. The molecule has 1 aromatic heterocycles. The van der Waals surface area contributed by atoms with Gasteiger partial charge in [0.15, 0.2) is 13.2 Å². The molecule has 0 fully saturated rings. The zero-order valence-corrected chi connectivity index (χ0v) is 21.2. The molecule has 5 nitrogen and oxygen atoms in total. The van der Waals surface area contributed by atoms with E-state index in [0.717, 1.165) is 0 Å². The quantitative estimate of drug-likeness (QED) is 0.239. The highest BCUT2D eigenvalue weighted by Crippen LogP contribution is 2.37. The highest BCUT2D eigenvalue weighted by molar-refractivity contribution is 5.45. The SMILES string of the molecule is OC(CNC(Cc1ccccn1)(c1cccc(OCC(F)(F)F)c1)c1cccc(OCC(F)(F)F)c1)CC(F)(F)F. The zero-order valence-electron chi connectivity index (χ0n) is 21.2. The van der Waals surface area contributed by atoms with E-state index in [0.29, 0.717) is 5.69 Å². The van der Waals surface area contributed by atoms with Crippen LogP contribution >= 0.6 is 0 Å². The maximum absolute atomic E-state index is 13.0. The number of benzene rings is 2. The van der Waals surface area contributed by atoms with Gasteiger partial charge >= 0.3 is 18.5 Å². The van der Waals surface area contributed by atoms with Crippen LogP contribution in [-0.4, -0.2) is 54.5 Å². The summed E-state index contributed by atoms with van der Waals surface area (Å²) >= 11 is 0. The molecule has 0 saturated carbocycles. The van der Waals surface area contributed by atoms with Gasteiger partial charge in [-0.2, -0.15) is 39.5 Å². The van der Waals surface area contributed by atoms with E-state index >= 15 is 0 Å². The second-order valence-electron chi connectivity index (χ2n) is 9.12. The summed E-state index contributed by atoms with van der Waals surface area (Å²) < 4.78 is 126. The molecule has 0 aliphatic carbocycles. The first-order valence-electron chi connectivity index (χ1n) is 12.0. The molecule has 2 aromatic carbocycles. The van der Waals surface area contributed by atoms with E-state index in [-0.39, 0.29) is 29.0 Å². The van der Waals surface area contributed by atoms with Crippen molar-refractivity contribution >= 4 is 0 Å². The molecule has 3 aromatic rings. The molecule has 0 radical (unpaired) electrons. The molecule has 0 amide bonds. The van der Waals surface area contributed by atoms with Crippen LogP contribution in [0.4, 0.5) is 39.5 Å². The Hall–Kier alpha value is -3.52. The highest BCUT2D eigenvalue weighted by atomic mass is 19.4. The van der Waals surface area contributed by atoms with Gasteiger partial charge in [0.25, 0.3) is 0 Å². The number of aromatic nitrogens is 1. The van der Waals surface area contributed by atoms with Crippen molar-refractivity contribution in [1.29, 1.82) is 0 Å². The van der Waals surface area contributed by atoms with E-state index in [1.54, 1.807) is 18.2 Å². The number of alkyl halides is 9. The van der Waals surface area contributed by atoms with Crippen LogP contribution in [0.25, 0.3) is 0 Å². The van der Waals surface area contributed by atoms with Crippen LogP contribution in [0.1, 0.15) is 23.2 Å². The minimum atomic E-state index is -4.71. The van der Waals surface area contributed by atoms with Crippen molar-refractivity contribution in [3.8, 4) is 11.5 Å². The van der Waals surface area contributed by atoms with Crippen LogP contribution < -0.4 is 14.8 Å². The number of halogens is 9. The van der Waals surface area contributed by atoms with Crippen LogP contribution in [-0.2, 0) is 12.0 Å². The van der Waals surface area contributed by atoms with E-state index in [2.05, 4.69) is 10.3 Å². The fraction of sp³-hybridized carbons (Fsp3) is 0.370. The van der Waals surface area contributed by atoms with Crippen LogP contribution in [0, 0.1) is 0 Å². The Labute approximate surface area is 228 Å². The van der Waals surface area contributed by atoms with Crippen molar-refractivity contribution in [3.63, 3.8) is 0 Å². The summed E-state index contributed by atoms with van der Waals surface area (Å²) in [6.45, 7) is -3.90. The summed E-state index contributed by atoms with van der Waals surface area (Å²) in [6.07, 6.45) is -16.2. The first-order valence-corrected chi connectivity index (χ1v) is 12.0. The van der Waals surface area contributed by atoms with Gasteiger partial charge in [-0.15, -0.1) is 0 Å². The third-order valence-corrected chi connectivity index (χ3v) is 5.74. The second kappa shape index (κ2) is 13.0. The third kappa shape index (κ3) is 10.4. The summed E-state index contributed by atoms with van der Waals surface area (Å²) in [5, 5.41) is 13.1. The number of ether oxygens (including phenoxy) is 2. The van der Waals surface area contributed by atoms with Crippen molar-refractivity contribution in [2.75, 3.05) is 19.8 Å². The van der Waals surface area contributed by atoms with E-state index in [1.807, 2.05) is 0 Å². The van der Waals surface area contributed by atoms with Gasteiger partial charge in [0, 0.05) is 24.9 Å². The molecular formula is C27H25F9N2O3. The van der Waals surface area contributed by atoms with Crippen molar-refractivity contribution < 1.29 is 54.1 Å². The maximum atomic E-state index is 13.0. The lowest BCUT2D eigenvalue weighted by Gasteiger charge is -2.37. The number of aliphatic hydroxyl groups is 1. The monoisotopic (exact) mass is 596 g/mol. The fourth-order valence-corrected chi connectivity index (χ4v) is 4.08. The molecule has 0 aliphatic rings. The topological polar surface area (TPSA) is 63.6 Å². The molecule has 1 heterocycles. The average Bonchev–Trinajstić information content (AvgIpc) is 2.88. The highest BCUT2D eigenvalue weighted by Gasteiger charge is 2.38. The first kappa shape index (κ1) is 32.0. The van der Waals surface area contributed by atoms with Crippen LogP contribution in [0.2, 0.25) is 0 Å². The Kier molecular flexibility index (Phi) is 10.1. The fourth-order valence-electron chi connectivity index (χ4n) is 4.08. The lowest BCUT2D eigenvalue weighted by molar-refractivity contribution is -0.154. The number of hydrogen-bond donors (Lipinski definition) is 2. The van der Waals surface area contributed by atoms with Gasteiger partial charge < -0.3 is 19.9 Å². The number of nitrogens with one attached hydrogen (secondary N) is 1. The number of pyridine rings is 1. The molecule has 14 heteroatoms. The predicted molar refractivity (Wildman–Crippen MR) is 129 cm³/mol. The van der Waals surface area contributed by atoms with Gasteiger partial charge in [-0.05, 0) is 47.5 Å². The Morgan fingerprint density at radius 3 is 1.68 bits per heavy atom. The molecule has 0 spiro atoms. The Morgan fingerprint density at radius 2 is 1.24 bits per heavy atom. The number of rotatable bonds is 12. The number of aliphatic hydroxyl groups excluding tert-OH is 1. The molecule has 3 rings (SSSR count). The molecule has 41 heavy (non-hydrogen) atoms. The van der Waals surface area contributed by atoms with Crippen LogP contribution in [0.3, 0.4) is 0 Å². The minimum Gasteiger partial charge on any atom is -0.484 e. The number of nitrogens with zero attached hydrogens (tertiary/aromatic N) is 1. The van der Waals surface area contributed by atoms with Crippen LogP contribution in [0.15, 0.2) is 72.9 Å². The summed E-state index contributed by atoms with van der Waals surface area (Å²) in [5.74, 6) is -0.459. The standard InChI is InChI=1S/C27H25F9N2O3/c28-25(29,30)14-21(39)15-38-24(13-20-7-1-2-10-37-20,18-5-3-8-22(11-18)40-16-26(31,32)33)19-6-4-9-23(12-19)41-17-27(34,35)36/h1-12,21,38-39H,13-17H2. The number of hydrogen-bond acceptors (Lipinski definition) is 5. The van der Waals surface area contributed by atoms with Gasteiger partial charge in [0.2, 0.25) is 0 Å². The van der Waals surface area contributed by atoms with Crippen molar-refractivity contribution in [2.45, 2.75) is 43.0 Å². The van der Waals surface area contributed by atoms with Gasteiger partial charge in [-0.1, -0.05) is 30.3 Å². The lowest BCUT2D eigenvalue weighted by atomic mass is 9.78. The van der Waals surface area contributed by atoms with Crippen molar-refractivity contribution in [1.82, 2.24) is 10.3 Å². The van der Waals surface area contributed by atoms with Gasteiger partial charge in [-0.3, -0.25) is 4.98 Å². The summed E-state index contributed by atoms with van der Waals surface area (Å²) in [5.41, 5.74) is -0.908.